The molecule has 1 aromatic carbocycles. The number of carbonyl (C=O) groups excluding carboxylic acids is 1. The number of hydrogen-bond acceptors (Lipinski definition) is 5. The molecule has 2 aromatic rings. The van der Waals surface area contributed by atoms with E-state index in [1.807, 2.05) is 30.3 Å². The molecule has 1 saturated carbocycles. The largest absolute Gasteiger partial charge is 0.353 e. The predicted molar refractivity (Wildman–Crippen MR) is 93.6 cm³/mol. The second-order valence-electron chi connectivity index (χ2n) is 7.09. The first-order chi connectivity index (χ1) is 12.2. The minimum absolute atomic E-state index is 0.0670. The lowest BCUT2D eigenvalue weighted by atomic mass is 9.95. The maximum atomic E-state index is 12.2. The summed E-state index contributed by atoms with van der Waals surface area (Å²) in [6, 6.07) is 10.4. The fourth-order valence-corrected chi connectivity index (χ4v) is 3.36. The number of nitrogens with one attached hydrogen (secondary N) is 1. The van der Waals surface area contributed by atoms with Gasteiger partial charge in [-0.2, -0.15) is 4.98 Å². The predicted octanol–water partition coefficient (Wildman–Crippen LogP) is 2.79. The Morgan fingerprint density at radius 2 is 1.92 bits per heavy atom. The third-order valence-electron chi connectivity index (χ3n) is 5.20. The molecule has 2 aliphatic rings. The third kappa shape index (κ3) is 3.74. The standard InChI is InChI=1S/C19H24N4O2/c1-13(19-21-17(22-25-19)14-5-3-2-4-6-14)23-11-9-15(10-12-23)18(24)20-16-7-8-16/h2-6,13,15-16H,7-12H2,1H3,(H,20,24)/t13-/m0/s1. The highest BCUT2D eigenvalue weighted by atomic mass is 16.5. The Kier molecular flexibility index (Phi) is 4.53. The first-order valence-electron chi connectivity index (χ1n) is 9.14. The van der Waals surface area contributed by atoms with E-state index in [1.165, 1.54) is 0 Å². The van der Waals surface area contributed by atoms with Crippen molar-refractivity contribution in [3.63, 3.8) is 0 Å². The number of benzene rings is 1. The van der Waals surface area contributed by atoms with Gasteiger partial charge in [0.15, 0.2) is 0 Å². The van der Waals surface area contributed by atoms with Crippen LogP contribution < -0.4 is 5.32 Å². The van der Waals surface area contributed by atoms with Gasteiger partial charge in [-0.15, -0.1) is 0 Å². The van der Waals surface area contributed by atoms with Gasteiger partial charge in [0, 0.05) is 17.5 Å². The van der Waals surface area contributed by atoms with Crippen molar-refractivity contribution in [1.29, 1.82) is 0 Å². The van der Waals surface area contributed by atoms with Crippen LogP contribution in [-0.2, 0) is 4.79 Å². The summed E-state index contributed by atoms with van der Waals surface area (Å²) in [7, 11) is 0. The molecule has 0 unspecified atom stereocenters. The Bertz CT molecular complexity index is 718. The van der Waals surface area contributed by atoms with Crippen molar-refractivity contribution in [1.82, 2.24) is 20.4 Å². The van der Waals surface area contributed by atoms with Crippen LogP contribution >= 0.6 is 0 Å². The molecule has 6 nitrogen and oxygen atoms in total. The van der Waals surface area contributed by atoms with Crippen molar-refractivity contribution >= 4 is 5.91 Å². The van der Waals surface area contributed by atoms with Gasteiger partial charge in [0.2, 0.25) is 17.6 Å². The van der Waals surface area contributed by atoms with E-state index in [4.69, 9.17) is 4.52 Å². The van der Waals surface area contributed by atoms with Crippen LogP contribution in [0, 0.1) is 5.92 Å². The van der Waals surface area contributed by atoms with Crippen LogP contribution in [0.3, 0.4) is 0 Å². The Hall–Kier alpha value is -2.21. The van der Waals surface area contributed by atoms with E-state index in [9.17, 15) is 4.79 Å². The maximum absolute atomic E-state index is 12.2. The van der Waals surface area contributed by atoms with Crippen LogP contribution in [0.15, 0.2) is 34.9 Å². The Balaban J connectivity index is 1.35. The lowest BCUT2D eigenvalue weighted by molar-refractivity contribution is -0.126. The molecular formula is C19H24N4O2. The number of nitrogens with zero attached hydrogens (tertiary/aromatic N) is 3. The van der Waals surface area contributed by atoms with Gasteiger partial charge in [0.05, 0.1) is 6.04 Å². The summed E-state index contributed by atoms with van der Waals surface area (Å²) < 4.78 is 5.49. The van der Waals surface area contributed by atoms with E-state index < -0.39 is 0 Å². The van der Waals surface area contributed by atoms with Gasteiger partial charge in [-0.05, 0) is 45.7 Å². The summed E-state index contributed by atoms with van der Waals surface area (Å²) in [4.78, 5) is 19.1. The average molecular weight is 340 g/mol. The van der Waals surface area contributed by atoms with Gasteiger partial charge in [-0.3, -0.25) is 9.69 Å². The highest BCUT2D eigenvalue weighted by Gasteiger charge is 2.32. The van der Waals surface area contributed by atoms with Crippen molar-refractivity contribution in [3.8, 4) is 11.4 Å². The van der Waals surface area contributed by atoms with Crippen LogP contribution in [0.2, 0.25) is 0 Å². The van der Waals surface area contributed by atoms with E-state index in [2.05, 4.69) is 27.3 Å². The molecule has 1 aliphatic carbocycles. The Labute approximate surface area is 147 Å². The summed E-state index contributed by atoms with van der Waals surface area (Å²) in [5.74, 6) is 1.64. The van der Waals surface area contributed by atoms with E-state index >= 15 is 0 Å². The minimum Gasteiger partial charge on any atom is -0.353 e. The van der Waals surface area contributed by atoms with Crippen LogP contribution in [0.4, 0.5) is 0 Å². The summed E-state index contributed by atoms with van der Waals surface area (Å²) in [5.41, 5.74) is 0.958. The van der Waals surface area contributed by atoms with Crippen molar-refractivity contribution in [2.75, 3.05) is 13.1 Å². The zero-order valence-electron chi connectivity index (χ0n) is 14.5. The number of likely N-dealkylation sites (tertiary alicyclic amines) is 1. The summed E-state index contributed by atoms with van der Waals surface area (Å²) >= 11 is 0. The fourth-order valence-electron chi connectivity index (χ4n) is 3.36. The van der Waals surface area contributed by atoms with Gasteiger partial charge in [0.25, 0.3) is 0 Å². The molecule has 1 atom stereocenters. The molecule has 0 spiro atoms. The SMILES string of the molecule is C[C@@H](c1nc(-c2ccccc2)no1)N1CCC(C(=O)NC2CC2)CC1. The lowest BCUT2D eigenvalue weighted by Crippen LogP contribution is -2.42. The monoisotopic (exact) mass is 340 g/mol. The minimum atomic E-state index is 0.0670. The van der Waals surface area contributed by atoms with E-state index in [-0.39, 0.29) is 17.9 Å². The van der Waals surface area contributed by atoms with E-state index in [0.717, 1.165) is 44.3 Å². The summed E-state index contributed by atoms with van der Waals surface area (Å²) in [6.07, 6.45) is 4.07. The molecule has 132 valence electrons. The quantitative estimate of drug-likeness (QED) is 0.906. The van der Waals surface area contributed by atoms with Gasteiger partial charge >= 0.3 is 0 Å². The molecule has 1 amide bonds. The molecule has 6 heteroatoms. The van der Waals surface area contributed by atoms with Crippen LogP contribution in [0.5, 0.6) is 0 Å². The molecule has 4 rings (SSSR count). The highest BCUT2D eigenvalue weighted by Crippen LogP contribution is 2.28. The van der Waals surface area contributed by atoms with Crippen molar-refractivity contribution in [2.24, 2.45) is 5.92 Å². The molecule has 1 aromatic heterocycles. The maximum Gasteiger partial charge on any atom is 0.244 e. The molecule has 1 aliphatic heterocycles. The van der Waals surface area contributed by atoms with E-state index in [0.29, 0.717) is 17.8 Å². The number of rotatable bonds is 5. The molecule has 0 bridgehead atoms. The van der Waals surface area contributed by atoms with E-state index in [1.54, 1.807) is 0 Å². The summed E-state index contributed by atoms with van der Waals surface area (Å²) in [5, 5.41) is 7.23. The Morgan fingerprint density at radius 3 is 2.60 bits per heavy atom. The number of carbonyl (C=O) groups is 1. The van der Waals surface area contributed by atoms with Crippen molar-refractivity contribution in [3.05, 3.63) is 36.2 Å². The molecule has 0 radical (unpaired) electrons. The first kappa shape index (κ1) is 16.3. The van der Waals surface area contributed by atoms with Crippen molar-refractivity contribution in [2.45, 2.75) is 44.7 Å². The molecule has 1 saturated heterocycles. The molecule has 1 N–H and O–H groups in total. The second-order valence-corrected chi connectivity index (χ2v) is 7.09. The highest BCUT2D eigenvalue weighted by molar-refractivity contribution is 5.79. The van der Waals surface area contributed by atoms with Crippen LogP contribution in [0.1, 0.15) is 44.5 Å². The fraction of sp³-hybridized carbons (Fsp3) is 0.526. The normalized spacial score (nSPS) is 20.4. The number of hydrogen-bond donors (Lipinski definition) is 1. The van der Waals surface area contributed by atoms with Crippen LogP contribution in [0.25, 0.3) is 11.4 Å². The van der Waals surface area contributed by atoms with Crippen LogP contribution in [-0.4, -0.2) is 40.1 Å². The van der Waals surface area contributed by atoms with Gasteiger partial charge in [-0.1, -0.05) is 35.5 Å². The van der Waals surface area contributed by atoms with Crippen molar-refractivity contribution < 1.29 is 9.32 Å². The second kappa shape index (κ2) is 6.96. The molecule has 2 heterocycles. The summed E-state index contributed by atoms with van der Waals surface area (Å²) in [6.45, 7) is 3.85. The Morgan fingerprint density at radius 1 is 1.20 bits per heavy atom. The molecule has 25 heavy (non-hydrogen) atoms. The smallest absolute Gasteiger partial charge is 0.244 e. The molecular weight excluding hydrogens is 316 g/mol. The van der Waals surface area contributed by atoms with Gasteiger partial charge in [0.1, 0.15) is 0 Å². The van der Waals surface area contributed by atoms with Gasteiger partial charge in [-0.25, -0.2) is 0 Å². The number of piperidine rings is 1. The topological polar surface area (TPSA) is 71.3 Å². The number of aromatic nitrogens is 2. The lowest BCUT2D eigenvalue weighted by Gasteiger charge is -2.33. The first-order valence-corrected chi connectivity index (χ1v) is 9.14. The molecule has 2 fully saturated rings. The third-order valence-corrected chi connectivity index (χ3v) is 5.20. The number of amides is 1. The average Bonchev–Trinajstić information content (AvgIpc) is 3.34. The zero-order valence-corrected chi connectivity index (χ0v) is 14.5. The van der Waals surface area contributed by atoms with Gasteiger partial charge < -0.3 is 9.84 Å². The zero-order chi connectivity index (χ0) is 17.2.